The van der Waals surface area contributed by atoms with E-state index in [4.69, 9.17) is 10.00 Å². The summed E-state index contributed by atoms with van der Waals surface area (Å²) in [7, 11) is 0. The molecule has 0 radical (unpaired) electrons. The lowest BCUT2D eigenvalue weighted by atomic mass is 10.2. The number of hydrogen-bond acceptors (Lipinski definition) is 3. The number of para-hydroxylation sites is 1. The minimum atomic E-state index is -0.707. The van der Waals surface area contributed by atoms with Gasteiger partial charge in [-0.1, -0.05) is 24.8 Å². The van der Waals surface area contributed by atoms with Crippen LogP contribution in [0.4, 0.5) is 0 Å². The third kappa shape index (κ3) is 2.20. The monoisotopic (exact) mass is 187 g/mol. The Bertz CT molecular complexity index is 416. The Morgan fingerprint density at radius 1 is 1.50 bits per heavy atom. The van der Waals surface area contributed by atoms with Gasteiger partial charge in [-0.15, -0.1) is 0 Å². The van der Waals surface area contributed by atoms with Crippen LogP contribution >= 0.6 is 0 Å². The first kappa shape index (κ1) is 10.0. The van der Waals surface area contributed by atoms with Gasteiger partial charge >= 0.3 is 5.97 Å². The Labute approximate surface area is 82.2 Å². The van der Waals surface area contributed by atoms with Gasteiger partial charge in [0.15, 0.2) is 0 Å². The molecule has 0 unspecified atom stereocenters. The molecule has 0 atom stereocenters. The molecule has 0 aliphatic carbocycles. The average Bonchev–Trinajstić information content (AvgIpc) is 2.20. The largest absolute Gasteiger partial charge is 0.422 e. The van der Waals surface area contributed by atoms with E-state index in [0.717, 1.165) is 5.56 Å². The van der Waals surface area contributed by atoms with E-state index in [1.54, 1.807) is 18.2 Å². The van der Waals surface area contributed by atoms with E-state index in [9.17, 15) is 4.79 Å². The molecule has 3 heteroatoms. The van der Waals surface area contributed by atoms with Crippen molar-refractivity contribution in [2.75, 3.05) is 0 Å². The number of carbonyl (C=O) groups excluding carboxylic acids is 1. The summed E-state index contributed by atoms with van der Waals surface area (Å²) in [6.07, 6.45) is 0. The molecular formula is C11H9NO2. The van der Waals surface area contributed by atoms with E-state index in [1.807, 2.05) is 19.1 Å². The SMILES string of the molecule is C=C(C#N)C(=O)Oc1ccccc1C. The van der Waals surface area contributed by atoms with Gasteiger partial charge in [-0.05, 0) is 18.6 Å². The van der Waals surface area contributed by atoms with Crippen LogP contribution in [-0.2, 0) is 4.79 Å². The van der Waals surface area contributed by atoms with Crippen LogP contribution in [-0.4, -0.2) is 5.97 Å². The second kappa shape index (κ2) is 4.24. The van der Waals surface area contributed by atoms with Gasteiger partial charge in [-0.2, -0.15) is 5.26 Å². The zero-order chi connectivity index (χ0) is 10.6. The number of rotatable bonds is 2. The molecule has 0 aromatic heterocycles. The van der Waals surface area contributed by atoms with E-state index in [0.29, 0.717) is 5.75 Å². The zero-order valence-electron chi connectivity index (χ0n) is 7.78. The van der Waals surface area contributed by atoms with E-state index >= 15 is 0 Å². The number of ether oxygens (including phenoxy) is 1. The van der Waals surface area contributed by atoms with E-state index in [2.05, 4.69) is 6.58 Å². The molecule has 14 heavy (non-hydrogen) atoms. The fourth-order valence-electron chi connectivity index (χ4n) is 0.878. The number of benzene rings is 1. The van der Waals surface area contributed by atoms with Gasteiger partial charge in [0, 0.05) is 0 Å². The Kier molecular flexibility index (Phi) is 3.03. The molecule has 1 rings (SSSR count). The smallest absolute Gasteiger partial charge is 0.353 e. The van der Waals surface area contributed by atoms with E-state index < -0.39 is 5.97 Å². The summed E-state index contributed by atoms with van der Waals surface area (Å²) in [5.41, 5.74) is 0.639. The lowest BCUT2D eigenvalue weighted by Crippen LogP contribution is -2.09. The molecule has 0 saturated carbocycles. The fourth-order valence-corrected chi connectivity index (χ4v) is 0.878. The predicted molar refractivity (Wildman–Crippen MR) is 51.6 cm³/mol. The van der Waals surface area contributed by atoms with Crippen LogP contribution < -0.4 is 4.74 Å². The van der Waals surface area contributed by atoms with Crippen molar-refractivity contribution in [2.24, 2.45) is 0 Å². The van der Waals surface area contributed by atoms with Crippen LogP contribution in [0.3, 0.4) is 0 Å². The summed E-state index contributed by atoms with van der Waals surface area (Å²) in [4.78, 5) is 11.2. The van der Waals surface area contributed by atoms with Crippen molar-refractivity contribution in [2.45, 2.75) is 6.92 Å². The second-order valence-corrected chi connectivity index (χ2v) is 2.75. The third-order valence-corrected chi connectivity index (χ3v) is 1.68. The minimum absolute atomic E-state index is 0.201. The number of aryl methyl sites for hydroxylation is 1. The van der Waals surface area contributed by atoms with Crippen LogP contribution in [0.5, 0.6) is 5.75 Å². The van der Waals surface area contributed by atoms with Crippen molar-refractivity contribution < 1.29 is 9.53 Å². The molecule has 3 nitrogen and oxygen atoms in total. The molecule has 0 amide bonds. The van der Waals surface area contributed by atoms with Crippen LogP contribution in [0.25, 0.3) is 0 Å². The summed E-state index contributed by atoms with van der Waals surface area (Å²) < 4.78 is 4.94. The first-order valence-electron chi connectivity index (χ1n) is 4.02. The molecule has 0 spiro atoms. The molecular weight excluding hydrogens is 178 g/mol. The van der Waals surface area contributed by atoms with Crippen molar-refractivity contribution in [3.05, 3.63) is 42.0 Å². The lowest BCUT2D eigenvalue weighted by molar-refractivity contribution is -0.129. The summed E-state index contributed by atoms with van der Waals surface area (Å²) in [5, 5.41) is 8.40. The van der Waals surface area contributed by atoms with E-state index in [1.165, 1.54) is 0 Å². The molecule has 0 saturated heterocycles. The number of hydrogen-bond donors (Lipinski definition) is 0. The van der Waals surface area contributed by atoms with Gasteiger partial charge in [0.25, 0.3) is 0 Å². The van der Waals surface area contributed by atoms with Crippen molar-refractivity contribution in [1.29, 1.82) is 5.26 Å². The van der Waals surface area contributed by atoms with Crippen molar-refractivity contribution in [3.8, 4) is 11.8 Å². The molecule has 70 valence electrons. The first-order valence-corrected chi connectivity index (χ1v) is 4.02. The van der Waals surface area contributed by atoms with Crippen LogP contribution in [0.15, 0.2) is 36.4 Å². The van der Waals surface area contributed by atoms with Crippen molar-refractivity contribution in [3.63, 3.8) is 0 Å². The van der Waals surface area contributed by atoms with Gasteiger partial charge in [-0.3, -0.25) is 0 Å². The summed E-state index contributed by atoms with van der Waals surface area (Å²) in [6, 6.07) is 8.71. The maximum atomic E-state index is 11.2. The highest BCUT2D eigenvalue weighted by atomic mass is 16.5. The maximum Gasteiger partial charge on any atom is 0.353 e. The summed E-state index contributed by atoms with van der Waals surface area (Å²) in [5.74, 6) is -0.254. The molecule has 0 aliphatic rings. The molecule has 0 aliphatic heterocycles. The maximum absolute atomic E-state index is 11.2. The van der Waals surface area contributed by atoms with Gasteiger partial charge in [0.2, 0.25) is 0 Å². The van der Waals surface area contributed by atoms with Gasteiger partial charge in [0.1, 0.15) is 17.4 Å². The highest BCUT2D eigenvalue weighted by Gasteiger charge is 2.09. The highest BCUT2D eigenvalue weighted by Crippen LogP contribution is 2.16. The Hall–Kier alpha value is -2.08. The van der Waals surface area contributed by atoms with Crippen LogP contribution in [0.2, 0.25) is 0 Å². The molecule has 1 aromatic rings. The fraction of sp³-hybridized carbons (Fsp3) is 0.0909. The first-order chi connectivity index (χ1) is 6.65. The minimum Gasteiger partial charge on any atom is -0.422 e. The molecule has 0 fully saturated rings. The zero-order valence-corrected chi connectivity index (χ0v) is 7.78. The number of esters is 1. The Balaban J connectivity index is 2.81. The normalized spacial score (nSPS) is 8.86. The predicted octanol–water partition coefficient (Wildman–Crippen LogP) is 1.98. The molecule has 0 bridgehead atoms. The topological polar surface area (TPSA) is 50.1 Å². The third-order valence-electron chi connectivity index (χ3n) is 1.68. The quantitative estimate of drug-likeness (QED) is 0.308. The van der Waals surface area contributed by atoms with Gasteiger partial charge in [0.05, 0.1) is 0 Å². The standard InChI is InChI=1S/C11H9NO2/c1-8-5-3-4-6-10(8)14-11(13)9(2)7-12/h3-6H,2H2,1H3. The summed E-state index contributed by atoms with van der Waals surface area (Å²) >= 11 is 0. The van der Waals surface area contributed by atoms with Crippen LogP contribution in [0, 0.1) is 18.3 Å². The average molecular weight is 187 g/mol. The summed E-state index contributed by atoms with van der Waals surface area (Å²) in [6.45, 7) is 5.08. The Morgan fingerprint density at radius 2 is 2.14 bits per heavy atom. The second-order valence-electron chi connectivity index (χ2n) is 2.75. The van der Waals surface area contributed by atoms with Gasteiger partial charge < -0.3 is 4.74 Å². The lowest BCUT2D eigenvalue weighted by Gasteiger charge is -2.04. The number of nitriles is 1. The Morgan fingerprint density at radius 3 is 2.71 bits per heavy atom. The van der Waals surface area contributed by atoms with Crippen molar-refractivity contribution >= 4 is 5.97 Å². The van der Waals surface area contributed by atoms with Crippen LogP contribution in [0.1, 0.15) is 5.56 Å². The molecule has 0 N–H and O–H groups in total. The number of carbonyl (C=O) groups is 1. The molecule has 1 aromatic carbocycles. The van der Waals surface area contributed by atoms with Gasteiger partial charge in [-0.25, -0.2) is 4.79 Å². The van der Waals surface area contributed by atoms with Crippen molar-refractivity contribution in [1.82, 2.24) is 0 Å². The van der Waals surface area contributed by atoms with E-state index in [-0.39, 0.29) is 5.57 Å². The number of nitrogens with zero attached hydrogens (tertiary/aromatic N) is 1. The highest BCUT2D eigenvalue weighted by molar-refractivity contribution is 5.93. The molecule has 0 heterocycles.